The molecule has 1 N–H and O–H groups in total. The van der Waals surface area contributed by atoms with E-state index in [9.17, 15) is 9.59 Å². The van der Waals surface area contributed by atoms with Crippen LogP contribution in [0.2, 0.25) is 0 Å². The van der Waals surface area contributed by atoms with Crippen molar-refractivity contribution >= 4 is 11.9 Å². The molecule has 2 rings (SSSR count). The standard InChI is InChI=1S/C13H20O2.C6H10O3/c1-10(11-6-2-3-7-11)13(14)15-12-8-4-5-9-12;1-2-6(8)9-5-3-4-7/h11-12H,1-9H2;2,7H,1,3-5H2. The summed E-state index contributed by atoms with van der Waals surface area (Å²) in [7, 11) is 0. The van der Waals surface area contributed by atoms with Gasteiger partial charge in [0.05, 0.1) is 6.61 Å². The number of carbonyl (C=O) groups is 2. The molecular weight excluding hydrogens is 308 g/mol. The van der Waals surface area contributed by atoms with Crippen molar-refractivity contribution in [2.24, 2.45) is 5.92 Å². The second-order valence-corrected chi connectivity index (χ2v) is 6.27. The summed E-state index contributed by atoms with van der Waals surface area (Å²) in [5.74, 6) is -0.170. The van der Waals surface area contributed by atoms with Crippen LogP contribution in [0.5, 0.6) is 0 Å². The van der Waals surface area contributed by atoms with Crippen LogP contribution in [0.4, 0.5) is 0 Å². The number of ether oxygens (including phenoxy) is 2. The molecule has 2 aliphatic rings. The number of hydrogen-bond acceptors (Lipinski definition) is 5. The Bertz CT molecular complexity index is 417. The van der Waals surface area contributed by atoms with Crippen molar-refractivity contribution in [3.63, 3.8) is 0 Å². The van der Waals surface area contributed by atoms with Crippen LogP contribution in [0, 0.1) is 5.92 Å². The van der Waals surface area contributed by atoms with Crippen molar-refractivity contribution in [3.8, 4) is 0 Å². The van der Waals surface area contributed by atoms with E-state index < -0.39 is 5.97 Å². The third-order valence-electron chi connectivity index (χ3n) is 4.40. The monoisotopic (exact) mass is 338 g/mol. The van der Waals surface area contributed by atoms with Gasteiger partial charge in [-0.25, -0.2) is 9.59 Å². The molecule has 0 atom stereocenters. The molecule has 0 aromatic heterocycles. The molecule has 0 unspecified atom stereocenters. The van der Waals surface area contributed by atoms with Crippen LogP contribution in [0.3, 0.4) is 0 Å². The first-order valence-electron chi connectivity index (χ1n) is 8.88. The van der Waals surface area contributed by atoms with Crippen LogP contribution >= 0.6 is 0 Å². The lowest BCUT2D eigenvalue weighted by atomic mass is 9.99. The number of esters is 2. The molecule has 24 heavy (non-hydrogen) atoms. The molecule has 2 saturated carbocycles. The second kappa shape index (κ2) is 11.8. The van der Waals surface area contributed by atoms with E-state index in [1.54, 1.807) is 0 Å². The van der Waals surface area contributed by atoms with E-state index in [-0.39, 0.29) is 25.3 Å². The number of hydrogen-bond donors (Lipinski definition) is 1. The van der Waals surface area contributed by atoms with Gasteiger partial charge in [0.1, 0.15) is 6.10 Å². The fourth-order valence-electron chi connectivity index (χ4n) is 2.97. The molecule has 5 nitrogen and oxygen atoms in total. The molecule has 0 saturated heterocycles. The minimum Gasteiger partial charge on any atom is -0.462 e. The van der Waals surface area contributed by atoms with E-state index in [0.29, 0.717) is 12.3 Å². The maximum Gasteiger partial charge on any atom is 0.333 e. The number of rotatable bonds is 7. The largest absolute Gasteiger partial charge is 0.462 e. The maximum atomic E-state index is 11.8. The third-order valence-corrected chi connectivity index (χ3v) is 4.40. The first-order chi connectivity index (χ1) is 11.6. The molecule has 0 spiro atoms. The van der Waals surface area contributed by atoms with Crippen LogP contribution in [-0.2, 0) is 19.1 Å². The Morgan fingerprint density at radius 2 is 1.67 bits per heavy atom. The SMILES string of the molecule is C=C(C(=O)OC1CCCC1)C1CCCC1.C=CC(=O)OCCCO. The van der Waals surface area contributed by atoms with E-state index in [1.165, 1.54) is 25.7 Å². The number of aliphatic hydroxyl groups is 1. The van der Waals surface area contributed by atoms with Crippen LogP contribution in [0.25, 0.3) is 0 Å². The highest BCUT2D eigenvalue weighted by molar-refractivity contribution is 5.88. The van der Waals surface area contributed by atoms with Gasteiger partial charge in [-0.2, -0.15) is 0 Å². The first kappa shape index (κ1) is 20.4. The summed E-state index contributed by atoms with van der Waals surface area (Å²) >= 11 is 0. The quantitative estimate of drug-likeness (QED) is 0.438. The zero-order chi connectivity index (χ0) is 17.8. The van der Waals surface area contributed by atoms with Gasteiger partial charge in [-0.15, -0.1) is 0 Å². The molecular formula is C19H30O5. The summed E-state index contributed by atoms with van der Waals surface area (Å²) < 4.78 is 9.96. The minimum absolute atomic E-state index is 0.0461. The molecule has 0 radical (unpaired) electrons. The minimum atomic E-state index is -0.441. The lowest BCUT2D eigenvalue weighted by Gasteiger charge is -2.15. The molecule has 0 aromatic rings. The Morgan fingerprint density at radius 3 is 2.21 bits per heavy atom. The first-order valence-corrected chi connectivity index (χ1v) is 8.88. The molecule has 2 aliphatic carbocycles. The van der Waals surface area contributed by atoms with Gasteiger partial charge in [0.25, 0.3) is 0 Å². The Kier molecular flexibility index (Phi) is 10.1. The molecule has 0 heterocycles. The summed E-state index contributed by atoms with van der Waals surface area (Å²) in [5.41, 5.74) is 0.722. The van der Waals surface area contributed by atoms with Crippen LogP contribution in [0.1, 0.15) is 57.8 Å². The van der Waals surface area contributed by atoms with Gasteiger partial charge in [-0.05, 0) is 44.4 Å². The number of aliphatic hydroxyl groups excluding tert-OH is 1. The predicted octanol–water partition coefficient (Wildman–Crippen LogP) is 3.32. The maximum absolute atomic E-state index is 11.8. The normalized spacial score (nSPS) is 17.7. The van der Waals surface area contributed by atoms with Crippen molar-refractivity contribution in [1.82, 2.24) is 0 Å². The highest BCUT2D eigenvalue weighted by Crippen LogP contribution is 2.31. The Morgan fingerprint density at radius 1 is 1.08 bits per heavy atom. The van der Waals surface area contributed by atoms with E-state index >= 15 is 0 Å². The third kappa shape index (κ3) is 7.77. The topological polar surface area (TPSA) is 72.8 Å². The van der Waals surface area contributed by atoms with Gasteiger partial charge >= 0.3 is 11.9 Å². The Hall–Kier alpha value is -1.62. The van der Waals surface area contributed by atoms with Gasteiger partial charge in [0, 0.05) is 24.7 Å². The zero-order valence-electron chi connectivity index (χ0n) is 14.5. The van der Waals surface area contributed by atoms with Crippen molar-refractivity contribution < 1.29 is 24.2 Å². The zero-order valence-corrected chi connectivity index (χ0v) is 14.5. The average molecular weight is 338 g/mol. The van der Waals surface area contributed by atoms with Crippen LogP contribution < -0.4 is 0 Å². The molecule has 2 fully saturated rings. The van der Waals surface area contributed by atoms with E-state index in [2.05, 4.69) is 17.9 Å². The van der Waals surface area contributed by atoms with Crippen molar-refractivity contribution in [2.75, 3.05) is 13.2 Å². The van der Waals surface area contributed by atoms with Gasteiger partial charge in [0.2, 0.25) is 0 Å². The summed E-state index contributed by atoms with van der Waals surface area (Å²) in [6.45, 7) is 7.42. The summed E-state index contributed by atoms with van der Waals surface area (Å²) in [6, 6.07) is 0. The van der Waals surface area contributed by atoms with Gasteiger partial charge in [-0.3, -0.25) is 0 Å². The lowest BCUT2D eigenvalue weighted by Crippen LogP contribution is -2.19. The smallest absolute Gasteiger partial charge is 0.333 e. The van der Waals surface area contributed by atoms with Crippen molar-refractivity contribution in [1.29, 1.82) is 0 Å². The molecule has 0 bridgehead atoms. The fourth-order valence-corrected chi connectivity index (χ4v) is 2.97. The van der Waals surface area contributed by atoms with E-state index in [4.69, 9.17) is 9.84 Å². The molecule has 0 amide bonds. The predicted molar refractivity (Wildman–Crippen MR) is 92.3 cm³/mol. The van der Waals surface area contributed by atoms with Crippen LogP contribution in [0.15, 0.2) is 24.8 Å². The molecule has 0 aromatic carbocycles. The molecule has 5 heteroatoms. The summed E-state index contributed by atoms with van der Waals surface area (Å²) in [5, 5.41) is 8.23. The van der Waals surface area contributed by atoms with Gasteiger partial charge < -0.3 is 14.6 Å². The Balaban J connectivity index is 0.000000277. The highest BCUT2D eigenvalue weighted by Gasteiger charge is 2.26. The van der Waals surface area contributed by atoms with Crippen molar-refractivity contribution in [3.05, 3.63) is 24.8 Å². The van der Waals surface area contributed by atoms with Crippen molar-refractivity contribution in [2.45, 2.75) is 63.9 Å². The molecule has 136 valence electrons. The second-order valence-electron chi connectivity index (χ2n) is 6.27. The average Bonchev–Trinajstić information content (AvgIpc) is 3.28. The fraction of sp³-hybridized carbons (Fsp3) is 0.684. The highest BCUT2D eigenvalue weighted by atomic mass is 16.5. The van der Waals surface area contributed by atoms with E-state index in [1.807, 2.05) is 0 Å². The summed E-state index contributed by atoms with van der Waals surface area (Å²) in [6.07, 6.45) is 11.0. The van der Waals surface area contributed by atoms with Gasteiger partial charge in [-0.1, -0.05) is 26.0 Å². The summed E-state index contributed by atoms with van der Waals surface area (Å²) in [4.78, 5) is 22.0. The molecule has 0 aliphatic heterocycles. The number of carbonyl (C=O) groups excluding carboxylic acids is 2. The Labute approximate surface area is 144 Å². The lowest BCUT2D eigenvalue weighted by molar-refractivity contribution is -0.144. The van der Waals surface area contributed by atoms with E-state index in [0.717, 1.165) is 37.3 Å². The van der Waals surface area contributed by atoms with Crippen LogP contribution in [-0.4, -0.2) is 36.4 Å². The van der Waals surface area contributed by atoms with Gasteiger partial charge in [0.15, 0.2) is 0 Å².